The quantitative estimate of drug-likeness (QED) is 0.527. The van der Waals surface area contributed by atoms with Gasteiger partial charge in [0.1, 0.15) is 0 Å². The average molecular weight is 170 g/mol. The maximum absolute atomic E-state index is 2.45. The third-order valence-corrected chi connectivity index (χ3v) is 3.66. The predicted octanol–water partition coefficient (Wildman–Crippen LogP) is 3.63. The third-order valence-electron chi connectivity index (χ3n) is 2.53. The molecule has 0 amide bonds. The van der Waals surface area contributed by atoms with Crippen molar-refractivity contribution in [2.75, 3.05) is 6.66 Å². The molecule has 11 heavy (non-hydrogen) atoms. The van der Waals surface area contributed by atoms with Crippen molar-refractivity contribution in [3.8, 4) is 0 Å². The Labute approximate surface area is 72.2 Å². The monoisotopic (exact) mass is 170 g/mol. The summed E-state index contributed by atoms with van der Waals surface area (Å²) in [6.07, 6.45) is 5.16. The Hall–Kier alpha value is 0.170. The Balaban J connectivity index is 2.68. The molecular formula is C10H19P. The molecule has 0 aromatic carbocycles. The van der Waals surface area contributed by atoms with Gasteiger partial charge in [0, 0.05) is 0 Å². The van der Waals surface area contributed by atoms with Gasteiger partial charge in [-0.2, -0.15) is 0 Å². The van der Waals surface area contributed by atoms with E-state index in [0.29, 0.717) is 5.41 Å². The Morgan fingerprint density at radius 2 is 2.09 bits per heavy atom. The van der Waals surface area contributed by atoms with Gasteiger partial charge in [-0.05, 0) is 36.2 Å². The summed E-state index contributed by atoms with van der Waals surface area (Å²) < 4.78 is 0. The lowest BCUT2D eigenvalue weighted by molar-refractivity contribution is 0.286. The summed E-state index contributed by atoms with van der Waals surface area (Å²) in [7, 11) is 1.03. The van der Waals surface area contributed by atoms with Gasteiger partial charge in [-0.3, -0.25) is 0 Å². The van der Waals surface area contributed by atoms with E-state index in [4.69, 9.17) is 0 Å². The summed E-state index contributed by atoms with van der Waals surface area (Å²) >= 11 is 0. The molecule has 0 aromatic rings. The Morgan fingerprint density at radius 3 is 2.45 bits per heavy atom. The highest BCUT2D eigenvalue weighted by molar-refractivity contribution is 7.42. The van der Waals surface area contributed by atoms with Gasteiger partial charge in [0.15, 0.2) is 0 Å². The van der Waals surface area contributed by atoms with Crippen LogP contribution in [0.4, 0.5) is 0 Å². The molecule has 0 saturated heterocycles. The fraction of sp³-hybridized carbons (Fsp3) is 0.800. The fourth-order valence-corrected chi connectivity index (χ4v) is 3.15. The molecule has 1 aliphatic carbocycles. The molecule has 0 bridgehead atoms. The highest BCUT2D eigenvalue weighted by Crippen LogP contribution is 2.45. The van der Waals surface area contributed by atoms with Gasteiger partial charge in [-0.15, -0.1) is 0 Å². The first-order chi connectivity index (χ1) is 5.05. The van der Waals surface area contributed by atoms with Crippen molar-refractivity contribution < 1.29 is 0 Å². The van der Waals surface area contributed by atoms with Crippen LogP contribution >= 0.6 is 8.58 Å². The van der Waals surface area contributed by atoms with Crippen LogP contribution in [0.3, 0.4) is 0 Å². The van der Waals surface area contributed by atoms with Gasteiger partial charge in [-0.25, -0.2) is 0 Å². The van der Waals surface area contributed by atoms with Crippen LogP contribution in [-0.2, 0) is 0 Å². The zero-order valence-electron chi connectivity index (χ0n) is 8.07. The van der Waals surface area contributed by atoms with Gasteiger partial charge < -0.3 is 0 Å². The molecule has 1 rings (SSSR count). The molecule has 2 atom stereocenters. The van der Waals surface area contributed by atoms with Crippen molar-refractivity contribution in [3.63, 3.8) is 0 Å². The second-order valence-electron chi connectivity index (χ2n) is 4.41. The van der Waals surface area contributed by atoms with Crippen molar-refractivity contribution in [1.29, 1.82) is 0 Å². The van der Waals surface area contributed by atoms with Crippen molar-refractivity contribution in [2.45, 2.75) is 33.6 Å². The largest absolute Gasteiger partial charge is 0.0981 e. The first-order valence-corrected chi connectivity index (χ1v) is 5.93. The molecule has 64 valence electrons. The van der Waals surface area contributed by atoms with Crippen molar-refractivity contribution >= 4 is 8.58 Å². The van der Waals surface area contributed by atoms with Crippen LogP contribution in [0.25, 0.3) is 0 Å². The molecule has 0 nitrogen and oxygen atoms in total. The van der Waals surface area contributed by atoms with Gasteiger partial charge >= 0.3 is 0 Å². The number of allylic oxidation sites excluding steroid dienone is 2. The van der Waals surface area contributed by atoms with Crippen LogP contribution in [0.15, 0.2) is 11.4 Å². The highest BCUT2D eigenvalue weighted by Gasteiger charge is 2.29. The lowest BCUT2D eigenvalue weighted by Gasteiger charge is -2.29. The minimum absolute atomic E-state index is 0.491. The van der Waals surface area contributed by atoms with Crippen LogP contribution in [0.1, 0.15) is 33.6 Å². The molecule has 0 heterocycles. The van der Waals surface area contributed by atoms with E-state index in [-0.39, 0.29) is 0 Å². The van der Waals surface area contributed by atoms with Crippen molar-refractivity contribution in [3.05, 3.63) is 11.4 Å². The normalized spacial score (nSPS) is 26.5. The summed E-state index contributed by atoms with van der Waals surface area (Å²) in [5.41, 5.74) is 0.491. The van der Waals surface area contributed by atoms with E-state index in [1.165, 1.54) is 12.8 Å². The zero-order chi connectivity index (χ0) is 8.48. The smallest absolute Gasteiger partial charge is 0.0112 e. The van der Waals surface area contributed by atoms with Gasteiger partial charge in [0.25, 0.3) is 0 Å². The van der Waals surface area contributed by atoms with Gasteiger partial charge in [-0.1, -0.05) is 35.4 Å². The summed E-state index contributed by atoms with van der Waals surface area (Å²) in [5, 5.41) is 1.72. The lowest BCUT2D eigenvalue weighted by atomic mass is 9.80. The maximum atomic E-state index is 2.45. The Bertz CT molecular complexity index is 162. The number of hydrogen-bond donors (Lipinski definition) is 0. The van der Waals surface area contributed by atoms with E-state index < -0.39 is 0 Å². The lowest BCUT2D eigenvalue weighted by Crippen LogP contribution is -2.18. The average Bonchev–Trinajstić information content (AvgIpc) is 2.31. The fourth-order valence-electron chi connectivity index (χ4n) is 1.88. The van der Waals surface area contributed by atoms with Crippen molar-refractivity contribution in [1.82, 2.24) is 0 Å². The summed E-state index contributed by atoms with van der Waals surface area (Å²) in [6, 6.07) is 0. The number of hydrogen-bond acceptors (Lipinski definition) is 0. The second-order valence-corrected chi connectivity index (χ2v) is 5.48. The molecule has 0 radical (unpaired) electrons. The highest BCUT2D eigenvalue weighted by atomic mass is 31.1. The maximum Gasteiger partial charge on any atom is -0.0112 e. The predicted molar refractivity (Wildman–Crippen MR) is 54.5 cm³/mol. The molecule has 1 heteroatoms. The van der Waals surface area contributed by atoms with Crippen LogP contribution in [0.2, 0.25) is 0 Å². The van der Waals surface area contributed by atoms with Crippen LogP contribution in [-0.4, -0.2) is 6.66 Å². The van der Waals surface area contributed by atoms with E-state index in [0.717, 1.165) is 14.5 Å². The van der Waals surface area contributed by atoms with Crippen LogP contribution in [0.5, 0.6) is 0 Å². The first-order valence-electron chi connectivity index (χ1n) is 4.43. The Kier molecular flexibility index (Phi) is 2.75. The minimum atomic E-state index is 0.491. The number of rotatable bonds is 1. The Morgan fingerprint density at radius 1 is 1.45 bits per heavy atom. The van der Waals surface area contributed by atoms with Gasteiger partial charge in [0.2, 0.25) is 0 Å². The standard InChI is InChI=1S/C10H19P/c1-10(2,3)8-6-5-7-9(8)11-4/h7-8,11H,5-6H2,1-4H3/t8-/m1/s1. The molecule has 0 aromatic heterocycles. The van der Waals surface area contributed by atoms with Crippen LogP contribution in [0, 0.1) is 11.3 Å². The summed E-state index contributed by atoms with van der Waals surface area (Å²) in [5.74, 6) is 0.867. The topological polar surface area (TPSA) is 0 Å². The minimum Gasteiger partial charge on any atom is -0.0981 e. The van der Waals surface area contributed by atoms with E-state index in [1.54, 1.807) is 5.31 Å². The van der Waals surface area contributed by atoms with Gasteiger partial charge in [0.05, 0.1) is 0 Å². The van der Waals surface area contributed by atoms with Crippen LogP contribution < -0.4 is 0 Å². The molecule has 0 spiro atoms. The zero-order valence-corrected chi connectivity index (χ0v) is 9.07. The molecule has 1 unspecified atom stereocenters. The molecular weight excluding hydrogens is 151 g/mol. The summed E-state index contributed by atoms with van der Waals surface area (Å²) in [4.78, 5) is 0. The molecule has 0 fully saturated rings. The van der Waals surface area contributed by atoms with E-state index in [2.05, 4.69) is 33.5 Å². The molecule has 0 aliphatic heterocycles. The van der Waals surface area contributed by atoms with E-state index in [9.17, 15) is 0 Å². The van der Waals surface area contributed by atoms with E-state index in [1.807, 2.05) is 0 Å². The molecule has 0 N–H and O–H groups in total. The first kappa shape index (κ1) is 9.26. The van der Waals surface area contributed by atoms with Crippen molar-refractivity contribution in [2.24, 2.45) is 11.3 Å². The summed E-state index contributed by atoms with van der Waals surface area (Å²) in [6.45, 7) is 9.38. The molecule has 1 aliphatic rings. The SMILES string of the molecule is CPC1=CCC[C@H]1C(C)(C)C. The van der Waals surface area contributed by atoms with E-state index >= 15 is 0 Å². The molecule has 0 saturated carbocycles. The third kappa shape index (κ3) is 2.06. The second kappa shape index (κ2) is 3.27.